The standard InChI is InChI=1S/C8H13N5O3/c1-5(4-14)2-10-7-6(13(15)16)3-11-8(9)12-7/h3,5,14H,2,4H2,1H3,(H3,9,10,11,12). The number of nitro groups is 1. The highest BCUT2D eigenvalue weighted by Gasteiger charge is 2.16. The van der Waals surface area contributed by atoms with Crippen molar-refractivity contribution in [2.75, 3.05) is 24.2 Å². The molecule has 0 bridgehead atoms. The van der Waals surface area contributed by atoms with Crippen LogP contribution in [0, 0.1) is 16.0 Å². The van der Waals surface area contributed by atoms with Gasteiger partial charge in [0.25, 0.3) is 0 Å². The lowest BCUT2D eigenvalue weighted by Crippen LogP contribution is -2.16. The molecule has 16 heavy (non-hydrogen) atoms. The van der Waals surface area contributed by atoms with Crippen LogP contribution in [0.2, 0.25) is 0 Å². The minimum Gasteiger partial charge on any atom is -0.396 e. The van der Waals surface area contributed by atoms with Gasteiger partial charge >= 0.3 is 5.69 Å². The Balaban J connectivity index is 2.84. The first-order valence-electron chi connectivity index (χ1n) is 4.66. The van der Waals surface area contributed by atoms with E-state index in [0.717, 1.165) is 6.20 Å². The topological polar surface area (TPSA) is 127 Å². The van der Waals surface area contributed by atoms with Gasteiger partial charge in [0.05, 0.1) is 4.92 Å². The van der Waals surface area contributed by atoms with E-state index < -0.39 is 4.92 Å². The van der Waals surface area contributed by atoms with Gasteiger partial charge in [0.15, 0.2) is 0 Å². The Labute approximate surface area is 91.7 Å². The van der Waals surface area contributed by atoms with E-state index in [1.54, 1.807) is 6.92 Å². The minimum absolute atomic E-state index is 0.0125. The summed E-state index contributed by atoms with van der Waals surface area (Å²) in [6, 6.07) is 0. The zero-order valence-electron chi connectivity index (χ0n) is 8.75. The molecule has 0 aliphatic heterocycles. The molecule has 0 saturated carbocycles. The van der Waals surface area contributed by atoms with Crippen LogP contribution in [0.1, 0.15) is 6.92 Å². The highest BCUT2D eigenvalue weighted by atomic mass is 16.6. The number of nitrogens with two attached hydrogens (primary N) is 1. The van der Waals surface area contributed by atoms with E-state index in [0.29, 0.717) is 6.54 Å². The molecule has 1 aromatic heterocycles. The van der Waals surface area contributed by atoms with Crippen LogP contribution in [0.25, 0.3) is 0 Å². The van der Waals surface area contributed by atoms with Gasteiger partial charge in [-0.1, -0.05) is 6.92 Å². The number of anilines is 2. The van der Waals surface area contributed by atoms with Gasteiger partial charge < -0.3 is 16.2 Å². The number of nitrogens with zero attached hydrogens (tertiary/aromatic N) is 3. The quantitative estimate of drug-likeness (QED) is 0.477. The van der Waals surface area contributed by atoms with Gasteiger partial charge in [-0.05, 0) is 5.92 Å². The van der Waals surface area contributed by atoms with Crippen LogP contribution in [0.15, 0.2) is 6.20 Å². The fourth-order valence-electron chi connectivity index (χ4n) is 0.988. The van der Waals surface area contributed by atoms with Crippen molar-refractivity contribution in [2.45, 2.75) is 6.92 Å². The first-order valence-corrected chi connectivity index (χ1v) is 4.66. The molecule has 0 fully saturated rings. The number of hydrogen-bond donors (Lipinski definition) is 3. The summed E-state index contributed by atoms with van der Waals surface area (Å²) >= 11 is 0. The van der Waals surface area contributed by atoms with Crippen molar-refractivity contribution in [3.05, 3.63) is 16.3 Å². The molecule has 1 heterocycles. The number of rotatable bonds is 5. The fourth-order valence-corrected chi connectivity index (χ4v) is 0.988. The second kappa shape index (κ2) is 5.21. The summed E-state index contributed by atoms with van der Waals surface area (Å²) in [6.07, 6.45) is 1.05. The predicted octanol–water partition coefficient (Wildman–Crippen LogP) is 0.00730. The SMILES string of the molecule is CC(CO)CNc1nc(N)ncc1[N+](=O)[O-]. The van der Waals surface area contributed by atoms with Gasteiger partial charge in [0.2, 0.25) is 11.8 Å². The van der Waals surface area contributed by atoms with Crippen molar-refractivity contribution in [3.8, 4) is 0 Å². The summed E-state index contributed by atoms with van der Waals surface area (Å²) in [5.74, 6) is -0.00153. The van der Waals surface area contributed by atoms with Gasteiger partial charge in [-0.15, -0.1) is 0 Å². The lowest BCUT2D eigenvalue weighted by Gasteiger charge is -2.10. The number of aliphatic hydroxyl groups excluding tert-OH is 1. The molecule has 1 unspecified atom stereocenters. The third-order valence-electron chi connectivity index (χ3n) is 1.91. The molecule has 8 nitrogen and oxygen atoms in total. The Morgan fingerprint density at radius 2 is 2.44 bits per heavy atom. The molecule has 0 aliphatic rings. The first kappa shape index (κ1) is 12.1. The van der Waals surface area contributed by atoms with Crippen LogP contribution in [0.4, 0.5) is 17.5 Å². The highest BCUT2D eigenvalue weighted by molar-refractivity contribution is 5.56. The normalized spacial score (nSPS) is 12.1. The third kappa shape index (κ3) is 3.02. The average molecular weight is 227 g/mol. The highest BCUT2D eigenvalue weighted by Crippen LogP contribution is 2.21. The Bertz CT molecular complexity index is 384. The van der Waals surface area contributed by atoms with E-state index in [9.17, 15) is 10.1 Å². The summed E-state index contributed by atoms with van der Waals surface area (Å²) in [7, 11) is 0. The second-order valence-corrected chi connectivity index (χ2v) is 3.39. The van der Waals surface area contributed by atoms with Crippen LogP contribution in [0.3, 0.4) is 0 Å². The smallest absolute Gasteiger partial charge is 0.329 e. The van der Waals surface area contributed by atoms with E-state index >= 15 is 0 Å². The summed E-state index contributed by atoms with van der Waals surface area (Å²) in [5, 5.41) is 22.2. The number of hydrogen-bond acceptors (Lipinski definition) is 7. The zero-order chi connectivity index (χ0) is 12.1. The molecule has 1 atom stereocenters. The first-order chi connectivity index (χ1) is 7.54. The molecular formula is C8H13N5O3. The number of aromatic nitrogens is 2. The number of nitrogens with one attached hydrogen (secondary N) is 1. The largest absolute Gasteiger partial charge is 0.396 e. The van der Waals surface area contributed by atoms with Gasteiger partial charge in [-0.2, -0.15) is 4.98 Å². The molecule has 0 aliphatic carbocycles. The second-order valence-electron chi connectivity index (χ2n) is 3.39. The number of nitrogen functional groups attached to an aromatic ring is 1. The summed E-state index contributed by atoms with van der Waals surface area (Å²) < 4.78 is 0. The Kier molecular flexibility index (Phi) is 3.95. The molecule has 1 rings (SSSR count). The van der Waals surface area contributed by atoms with Gasteiger partial charge in [-0.25, -0.2) is 4.98 Å². The van der Waals surface area contributed by atoms with Crippen LogP contribution in [-0.4, -0.2) is 33.1 Å². The van der Waals surface area contributed by atoms with E-state index in [1.165, 1.54) is 0 Å². The van der Waals surface area contributed by atoms with E-state index in [-0.39, 0.29) is 30.0 Å². The van der Waals surface area contributed by atoms with Crippen molar-refractivity contribution in [3.63, 3.8) is 0 Å². The van der Waals surface area contributed by atoms with E-state index in [4.69, 9.17) is 10.8 Å². The Hall–Kier alpha value is -1.96. The fraction of sp³-hybridized carbons (Fsp3) is 0.500. The molecule has 4 N–H and O–H groups in total. The monoisotopic (exact) mass is 227 g/mol. The molecule has 0 radical (unpaired) electrons. The molecule has 1 aromatic rings. The third-order valence-corrected chi connectivity index (χ3v) is 1.91. The summed E-state index contributed by atoms with van der Waals surface area (Å²) in [4.78, 5) is 17.3. The minimum atomic E-state index is -0.592. The number of aliphatic hydroxyl groups is 1. The molecular weight excluding hydrogens is 214 g/mol. The maximum absolute atomic E-state index is 10.6. The zero-order valence-corrected chi connectivity index (χ0v) is 8.75. The lowest BCUT2D eigenvalue weighted by molar-refractivity contribution is -0.384. The van der Waals surface area contributed by atoms with Crippen LogP contribution < -0.4 is 11.1 Å². The average Bonchev–Trinajstić information content (AvgIpc) is 2.25. The Morgan fingerprint density at radius 1 is 1.75 bits per heavy atom. The van der Waals surface area contributed by atoms with Crippen molar-refractivity contribution in [2.24, 2.45) is 5.92 Å². The van der Waals surface area contributed by atoms with Gasteiger partial charge in [0, 0.05) is 13.2 Å². The van der Waals surface area contributed by atoms with E-state index in [1.807, 2.05) is 0 Å². The molecule has 0 saturated heterocycles. The van der Waals surface area contributed by atoms with Crippen molar-refractivity contribution in [1.29, 1.82) is 0 Å². The van der Waals surface area contributed by atoms with E-state index in [2.05, 4.69) is 15.3 Å². The predicted molar refractivity (Wildman–Crippen MR) is 57.8 cm³/mol. The molecule has 0 spiro atoms. The Morgan fingerprint density at radius 3 is 3.00 bits per heavy atom. The van der Waals surface area contributed by atoms with Crippen molar-refractivity contribution < 1.29 is 10.0 Å². The van der Waals surface area contributed by atoms with Crippen molar-refractivity contribution in [1.82, 2.24) is 9.97 Å². The van der Waals surface area contributed by atoms with Gasteiger partial charge in [0.1, 0.15) is 6.20 Å². The van der Waals surface area contributed by atoms with Crippen LogP contribution >= 0.6 is 0 Å². The summed E-state index contributed by atoms with van der Waals surface area (Å²) in [5.41, 5.74) is 5.10. The van der Waals surface area contributed by atoms with Gasteiger partial charge in [-0.3, -0.25) is 10.1 Å². The lowest BCUT2D eigenvalue weighted by atomic mass is 10.2. The summed E-state index contributed by atoms with van der Waals surface area (Å²) in [6.45, 7) is 2.15. The molecule has 0 amide bonds. The van der Waals surface area contributed by atoms with Crippen LogP contribution in [0.5, 0.6) is 0 Å². The van der Waals surface area contributed by atoms with Crippen LogP contribution in [-0.2, 0) is 0 Å². The maximum Gasteiger partial charge on any atom is 0.329 e. The van der Waals surface area contributed by atoms with Crippen molar-refractivity contribution >= 4 is 17.5 Å². The molecule has 8 heteroatoms. The maximum atomic E-state index is 10.6. The molecule has 0 aromatic carbocycles. The molecule has 88 valence electrons.